The molecule has 1 aromatic carbocycles. The number of sulfonamides is 1. The van der Waals surface area contributed by atoms with Crippen LogP contribution in [0.4, 0.5) is 19.1 Å². The number of alkyl halides is 3. The molecule has 2 heterocycles. The number of aromatic nitrogens is 2. The first-order chi connectivity index (χ1) is 12.8. The van der Waals surface area contributed by atoms with E-state index >= 15 is 0 Å². The van der Waals surface area contributed by atoms with Crippen molar-refractivity contribution in [3.63, 3.8) is 0 Å². The maximum absolute atomic E-state index is 12.6. The number of halogens is 3. The predicted octanol–water partition coefficient (Wildman–Crippen LogP) is 2.69. The summed E-state index contributed by atoms with van der Waals surface area (Å²) in [5, 5.41) is 0. The molecule has 0 radical (unpaired) electrons. The average Bonchev–Trinajstić information content (AvgIpc) is 2.67. The van der Waals surface area contributed by atoms with Crippen LogP contribution in [0.2, 0.25) is 0 Å². The van der Waals surface area contributed by atoms with E-state index in [9.17, 15) is 21.6 Å². The van der Waals surface area contributed by atoms with E-state index < -0.39 is 21.8 Å². The smallest absolute Gasteiger partial charge is 0.341 e. The van der Waals surface area contributed by atoms with Crippen molar-refractivity contribution < 1.29 is 21.6 Å². The Morgan fingerprint density at radius 1 is 1.07 bits per heavy atom. The van der Waals surface area contributed by atoms with Gasteiger partial charge in [0.25, 0.3) is 0 Å². The van der Waals surface area contributed by atoms with Gasteiger partial charge in [-0.15, -0.1) is 0 Å². The van der Waals surface area contributed by atoms with E-state index in [0.29, 0.717) is 5.95 Å². The number of piperidine rings is 1. The summed E-state index contributed by atoms with van der Waals surface area (Å²) >= 11 is 0. The highest BCUT2D eigenvalue weighted by atomic mass is 32.2. The lowest BCUT2D eigenvalue weighted by molar-refractivity contribution is -0.137. The van der Waals surface area contributed by atoms with E-state index in [1.807, 2.05) is 4.90 Å². The van der Waals surface area contributed by atoms with Crippen LogP contribution in [0.15, 0.2) is 47.6 Å². The lowest BCUT2D eigenvalue weighted by atomic mass is 9.97. The monoisotopic (exact) mass is 400 g/mol. The van der Waals surface area contributed by atoms with Gasteiger partial charge in [0.05, 0.1) is 10.5 Å². The molecule has 1 aromatic heterocycles. The second-order valence-electron chi connectivity index (χ2n) is 6.35. The molecule has 0 atom stereocenters. The highest BCUT2D eigenvalue weighted by molar-refractivity contribution is 7.89. The summed E-state index contributed by atoms with van der Waals surface area (Å²) in [5.41, 5.74) is -0.878. The minimum Gasteiger partial charge on any atom is -0.341 e. The molecule has 1 fully saturated rings. The van der Waals surface area contributed by atoms with Crippen LogP contribution in [0, 0.1) is 5.92 Å². The zero-order chi connectivity index (χ0) is 19.5. The summed E-state index contributed by atoms with van der Waals surface area (Å²) in [6, 6.07) is 5.23. The van der Waals surface area contributed by atoms with E-state index in [2.05, 4.69) is 14.7 Å². The number of hydrogen-bond donors (Lipinski definition) is 1. The first-order valence-corrected chi connectivity index (χ1v) is 9.93. The molecule has 1 aliphatic heterocycles. The van der Waals surface area contributed by atoms with Crippen LogP contribution in [0.3, 0.4) is 0 Å². The topological polar surface area (TPSA) is 75.2 Å². The van der Waals surface area contributed by atoms with Crippen LogP contribution < -0.4 is 9.62 Å². The molecule has 0 amide bonds. The van der Waals surface area contributed by atoms with E-state index in [4.69, 9.17) is 0 Å². The van der Waals surface area contributed by atoms with Crippen LogP contribution in [0.5, 0.6) is 0 Å². The maximum Gasteiger partial charge on any atom is 0.416 e. The van der Waals surface area contributed by atoms with Gasteiger partial charge in [0.2, 0.25) is 16.0 Å². The fraction of sp³-hybridized carbons (Fsp3) is 0.412. The van der Waals surface area contributed by atoms with Crippen LogP contribution >= 0.6 is 0 Å². The highest BCUT2D eigenvalue weighted by Crippen LogP contribution is 2.29. The number of rotatable bonds is 5. The van der Waals surface area contributed by atoms with Gasteiger partial charge >= 0.3 is 6.18 Å². The first kappa shape index (κ1) is 19.6. The first-order valence-electron chi connectivity index (χ1n) is 8.44. The molecule has 0 aliphatic carbocycles. The van der Waals surface area contributed by atoms with Crippen molar-refractivity contribution in [2.45, 2.75) is 23.9 Å². The molecule has 6 nitrogen and oxygen atoms in total. The average molecular weight is 400 g/mol. The molecule has 146 valence electrons. The summed E-state index contributed by atoms with van der Waals surface area (Å²) in [7, 11) is -3.84. The Labute approximate surface area is 155 Å². The Bertz CT molecular complexity index is 850. The molecule has 0 bridgehead atoms. The normalized spacial score (nSPS) is 16.5. The van der Waals surface area contributed by atoms with Crippen LogP contribution in [0.1, 0.15) is 18.4 Å². The van der Waals surface area contributed by atoms with Crippen LogP contribution in [-0.2, 0) is 16.2 Å². The van der Waals surface area contributed by atoms with Crippen molar-refractivity contribution >= 4 is 16.0 Å². The molecule has 10 heteroatoms. The molecule has 1 N–H and O–H groups in total. The van der Waals surface area contributed by atoms with Crippen LogP contribution in [0.25, 0.3) is 0 Å². The maximum atomic E-state index is 12.6. The van der Waals surface area contributed by atoms with E-state index in [0.717, 1.165) is 50.2 Å². The predicted molar refractivity (Wildman–Crippen MR) is 93.6 cm³/mol. The largest absolute Gasteiger partial charge is 0.416 e. The Morgan fingerprint density at radius 3 is 2.22 bits per heavy atom. The van der Waals surface area contributed by atoms with Gasteiger partial charge in [0.1, 0.15) is 0 Å². The third-order valence-corrected chi connectivity index (χ3v) is 5.94. The molecule has 0 unspecified atom stereocenters. The zero-order valence-electron chi connectivity index (χ0n) is 14.4. The number of nitrogens with one attached hydrogen (secondary N) is 1. The number of nitrogens with zero attached hydrogens (tertiary/aromatic N) is 3. The molecule has 2 aromatic rings. The number of hydrogen-bond acceptors (Lipinski definition) is 5. The van der Waals surface area contributed by atoms with Crippen molar-refractivity contribution in [2.24, 2.45) is 5.92 Å². The molecular weight excluding hydrogens is 381 g/mol. The van der Waals surface area contributed by atoms with E-state index in [1.165, 1.54) is 0 Å². The third kappa shape index (κ3) is 4.95. The second kappa shape index (κ2) is 7.81. The molecule has 1 aliphatic rings. The van der Waals surface area contributed by atoms with E-state index in [-0.39, 0.29) is 17.4 Å². The SMILES string of the molecule is O=S(=O)(NCC1CCN(c2ncccn2)CC1)c1ccc(C(F)(F)F)cc1. The minimum absolute atomic E-state index is 0.147. The molecule has 0 saturated carbocycles. The van der Waals surface area contributed by atoms with Gasteiger partial charge in [-0.1, -0.05) is 0 Å². The van der Waals surface area contributed by atoms with Gasteiger partial charge in [-0.25, -0.2) is 23.1 Å². The standard InChI is InChI=1S/C17H19F3N4O2S/c18-17(19,20)14-2-4-15(5-3-14)27(25,26)23-12-13-6-10-24(11-7-13)16-21-8-1-9-22-16/h1-5,8-9,13,23H,6-7,10-12H2. The van der Waals surface area contributed by atoms with E-state index in [1.54, 1.807) is 18.5 Å². The van der Waals surface area contributed by atoms with Gasteiger partial charge in [0.15, 0.2) is 0 Å². The summed E-state index contributed by atoms with van der Waals surface area (Å²) in [4.78, 5) is 10.3. The van der Waals surface area contributed by atoms with Gasteiger partial charge in [-0.3, -0.25) is 0 Å². The van der Waals surface area contributed by atoms with Gasteiger partial charge < -0.3 is 4.90 Å². The quantitative estimate of drug-likeness (QED) is 0.835. The Balaban J connectivity index is 1.54. The summed E-state index contributed by atoms with van der Waals surface area (Å²) in [6.07, 6.45) is 0.396. The molecule has 0 spiro atoms. The minimum atomic E-state index is -4.49. The van der Waals surface area contributed by atoms with Gasteiger partial charge in [-0.05, 0) is 49.1 Å². The van der Waals surface area contributed by atoms with Crippen molar-refractivity contribution in [1.82, 2.24) is 14.7 Å². The fourth-order valence-corrected chi connectivity index (χ4v) is 4.04. The Hall–Kier alpha value is -2.20. The Morgan fingerprint density at radius 2 is 1.67 bits per heavy atom. The highest BCUT2D eigenvalue weighted by Gasteiger charge is 2.30. The number of anilines is 1. The van der Waals surface area contributed by atoms with Crippen molar-refractivity contribution in [1.29, 1.82) is 0 Å². The molecule has 27 heavy (non-hydrogen) atoms. The zero-order valence-corrected chi connectivity index (χ0v) is 15.2. The third-order valence-electron chi connectivity index (χ3n) is 4.50. The summed E-state index contributed by atoms with van der Waals surface area (Å²) in [5.74, 6) is 0.801. The fourth-order valence-electron chi connectivity index (χ4n) is 2.93. The van der Waals surface area contributed by atoms with Crippen molar-refractivity contribution in [3.8, 4) is 0 Å². The lowest BCUT2D eigenvalue weighted by Crippen LogP contribution is -2.39. The summed E-state index contributed by atoms with van der Waals surface area (Å²) < 4.78 is 64.8. The van der Waals surface area contributed by atoms with Gasteiger partial charge in [-0.2, -0.15) is 13.2 Å². The molecule has 3 rings (SSSR count). The van der Waals surface area contributed by atoms with Crippen molar-refractivity contribution in [2.75, 3.05) is 24.5 Å². The molecule has 1 saturated heterocycles. The molecular formula is C17H19F3N4O2S. The van der Waals surface area contributed by atoms with Crippen LogP contribution in [-0.4, -0.2) is 38.0 Å². The summed E-state index contributed by atoms with van der Waals surface area (Å²) in [6.45, 7) is 1.68. The van der Waals surface area contributed by atoms with Gasteiger partial charge in [0, 0.05) is 32.0 Å². The van der Waals surface area contributed by atoms with Crippen molar-refractivity contribution in [3.05, 3.63) is 48.3 Å². The number of benzene rings is 1. The lowest BCUT2D eigenvalue weighted by Gasteiger charge is -2.31. The second-order valence-corrected chi connectivity index (χ2v) is 8.12. The Kier molecular flexibility index (Phi) is 5.66.